The van der Waals surface area contributed by atoms with Gasteiger partial charge in [-0.2, -0.15) is 0 Å². The SMILES string of the molecule is Cc1cc(C(N)=O)c2cc(F)c(F)c(F)c2n1. The van der Waals surface area contributed by atoms with Crippen LogP contribution in [0.25, 0.3) is 10.9 Å². The van der Waals surface area contributed by atoms with Gasteiger partial charge >= 0.3 is 0 Å². The zero-order valence-corrected chi connectivity index (χ0v) is 8.72. The molecule has 0 unspecified atom stereocenters. The highest BCUT2D eigenvalue weighted by atomic mass is 19.2. The Morgan fingerprint density at radius 2 is 1.88 bits per heavy atom. The van der Waals surface area contributed by atoms with E-state index < -0.39 is 28.9 Å². The number of carbonyl (C=O) groups excluding carboxylic acids is 1. The molecule has 0 aliphatic rings. The minimum atomic E-state index is -1.62. The average Bonchev–Trinajstić information content (AvgIpc) is 2.26. The van der Waals surface area contributed by atoms with Crippen LogP contribution in [0.15, 0.2) is 12.1 Å². The van der Waals surface area contributed by atoms with Crippen LogP contribution in [-0.2, 0) is 0 Å². The first-order chi connectivity index (χ1) is 7.91. The summed E-state index contributed by atoms with van der Waals surface area (Å²) in [4.78, 5) is 14.9. The van der Waals surface area contributed by atoms with Crippen LogP contribution < -0.4 is 5.73 Å². The number of primary amides is 1. The number of benzene rings is 1. The van der Waals surface area contributed by atoms with Crippen molar-refractivity contribution in [3.05, 3.63) is 40.8 Å². The van der Waals surface area contributed by atoms with Crippen molar-refractivity contribution in [2.24, 2.45) is 5.73 Å². The Morgan fingerprint density at radius 1 is 1.24 bits per heavy atom. The minimum Gasteiger partial charge on any atom is -0.366 e. The normalized spacial score (nSPS) is 10.8. The molecule has 1 heterocycles. The van der Waals surface area contributed by atoms with Gasteiger partial charge in [0.2, 0.25) is 5.91 Å². The van der Waals surface area contributed by atoms with Crippen LogP contribution in [0.4, 0.5) is 13.2 Å². The highest BCUT2D eigenvalue weighted by molar-refractivity contribution is 6.05. The van der Waals surface area contributed by atoms with Crippen molar-refractivity contribution >= 4 is 16.8 Å². The van der Waals surface area contributed by atoms with Crippen molar-refractivity contribution < 1.29 is 18.0 Å². The number of hydrogen-bond acceptors (Lipinski definition) is 2. The summed E-state index contributed by atoms with van der Waals surface area (Å²) in [5.41, 5.74) is 4.87. The number of aryl methyl sites for hydroxylation is 1. The molecule has 6 heteroatoms. The number of fused-ring (bicyclic) bond motifs is 1. The van der Waals surface area contributed by atoms with Gasteiger partial charge in [-0.25, -0.2) is 18.2 Å². The van der Waals surface area contributed by atoms with Gasteiger partial charge in [-0.3, -0.25) is 4.79 Å². The number of amides is 1. The first-order valence-electron chi connectivity index (χ1n) is 4.66. The Hall–Kier alpha value is -2.11. The predicted molar refractivity (Wildman–Crippen MR) is 54.9 cm³/mol. The van der Waals surface area contributed by atoms with Gasteiger partial charge in [0.05, 0.1) is 5.56 Å². The molecule has 0 aliphatic carbocycles. The molecule has 1 aromatic heterocycles. The van der Waals surface area contributed by atoms with Crippen molar-refractivity contribution in [3.63, 3.8) is 0 Å². The van der Waals surface area contributed by atoms with Crippen molar-refractivity contribution in [3.8, 4) is 0 Å². The quantitative estimate of drug-likeness (QED) is 0.775. The van der Waals surface area contributed by atoms with E-state index in [4.69, 9.17) is 5.73 Å². The van der Waals surface area contributed by atoms with Gasteiger partial charge in [0.15, 0.2) is 17.5 Å². The standard InChI is InChI=1S/C11H7F3N2O/c1-4-2-6(11(15)17)5-3-7(12)8(13)9(14)10(5)16-4/h2-3H,1H3,(H2,15,17). The Balaban J connectivity index is 2.99. The van der Waals surface area contributed by atoms with Gasteiger partial charge < -0.3 is 5.73 Å². The third kappa shape index (κ3) is 1.71. The lowest BCUT2D eigenvalue weighted by Gasteiger charge is -2.06. The first-order valence-corrected chi connectivity index (χ1v) is 4.66. The highest BCUT2D eigenvalue weighted by Gasteiger charge is 2.18. The smallest absolute Gasteiger partial charge is 0.249 e. The summed E-state index contributed by atoms with van der Waals surface area (Å²) in [7, 11) is 0. The number of aromatic nitrogens is 1. The van der Waals surface area contributed by atoms with Crippen LogP contribution in [0.3, 0.4) is 0 Å². The molecule has 2 aromatic rings. The molecule has 1 aromatic carbocycles. The summed E-state index contributed by atoms with van der Waals surface area (Å²) < 4.78 is 39.5. The third-order valence-corrected chi connectivity index (χ3v) is 2.33. The molecule has 3 nitrogen and oxygen atoms in total. The lowest BCUT2D eigenvalue weighted by molar-refractivity contribution is 0.100. The fraction of sp³-hybridized carbons (Fsp3) is 0.0909. The predicted octanol–water partition coefficient (Wildman–Crippen LogP) is 2.06. The molecular formula is C11H7F3N2O. The number of rotatable bonds is 1. The fourth-order valence-electron chi connectivity index (χ4n) is 1.60. The Labute approximate surface area is 94.1 Å². The monoisotopic (exact) mass is 240 g/mol. The Kier molecular flexibility index (Phi) is 2.49. The van der Waals surface area contributed by atoms with E-state index in [2.05, 4.69) is 4.98 Å². The van der Waals surface area contributed by atoms with Crippen LogP contribution in [-0.4, -0.2) is 10.9 Å². The largest absolute Gasteiger partial charge is 0.366 e. The molecule has 0 fully saturated rings. The van der Waals surface area contributed by atoms with E-state index in [-0.39, 0.29) is 16.6 Å². The fourth-order valence-corrected chi connectivity index (χ4v) is 1.60. The minimum absolute atomic E-state index is 0.0923. The van der Waals surface area contributed by atoms with Crippen molar-refractivity contribution in [2.45, 2.75) is 6.92 Å². The van der Waals surface area contributed by atoms with Gasteiger partial charge in [-0.05, 0) is 19.1 Å². The summed E-state index contributed by atoms with van der Waals surface area (Å²) >= 11 is 0. The summed E-state index contributed by atoms with van der Waals surface area (Å²) in [6.45, 7) is 1.49. The van der Waals surface area contributed by atoms with Gasteiger partial charge in [0, 0.05) is 11.1 Å². The number of halogens is 3. The van der Waals surface area contributed by atoms with E-state index in [1.165, 1.54) is 13.0 Å². The lowest BCUT2D eigenvalue weighted by Crippen LogP contribution is -2.13. The second kappa shape index (κ2) is 3.73. The van der Waals surface area contributed by atoms with Gasteiger partial charge in [0.1, 0.15) is 5.52 Å². The van der Waals surface area contributed by atoms with Crippen LogP contribution >= 0.6 is 0 Å². The summed E-state index contributed by atoms with van der Waals surface area (Å²) in [5, 5.41) is -0.139. The number of nitrogens with two attached hydrogens (primary N) is 1. The summed E-state index contributed by atoms with van der Waals surface area (Å²) in [5.74, 6) is -5.29. The summed E-state index contributed by atoms with van der Waals surface area (Å²) in [6.07, 6.45) is 0. The number of pyridine rings is 1. The molecule has 0 saturated heterocycles. The highest BCUT2D eigenvalue weighted by Crippen LogP contribution is 2.24. The van der Waals surface area contributed by atoms with Gasteiger partial charge in [0.25, 0.3) is 0 Å². The van der Waals surface area contributed by atoms with Crippen LogP contribution in [0.1, 0.15) is 16.1 Å². The maximum atomic E-state index is 13.5. The van der Waals surface area contributed by atoms with E-state index in [0.717, 1.165) is 0 Å². The Bertz CT molecular complexity index is 640. The van der Waals surface area contributed by atoms with Crippen molar-refractivity contribution in [1.82, 2.24) is 4.98 Å². The van der Waals surface area contributed by atoms with Crippen LogP contribution in [0, 0.1) is 24.4 Å². The average molecular weight is 240 g/mol. The van der Waals surface area contributed by atoms with E-state index >= 15 is 0 Å². The lowest BCUT2D eigenvalue weighted by atomic mass is 10.1. The molecule has 0 bridgehead atoms. The molecule has 0 aliphatic heterocycles. The molecule has 0 saturated carbocycles. The zero-order valence-electron chi connectivity index (χ0n) is 8.72. The van der Waals surface area contributed by atoms with E-state index in [1.54, 1.807) is 0 Å². The second-order valence-corrected chi connectivity index (χ2v) is 3.56. The van der Waals surface area contributed by atoms with Crippen molar-refractivity contribution in [1.29, 1.82) is 0 Å². The summed E-state index contributed by atoms with van der Waals surface area (Å²) in [6, 6.07) is 2.00. The third-order valence-electron chi connectivity index (χ3n) is 2.33. The number of hydrogen-bond donors (Lipinski definition) is 1. The molecule has 0 spiro atoms. The van der Waals surface area contributed by atoms with Crippen LogP contribution in [0.5, 0.6) is 0 Å². The molecule has 17 heavy (non-hydrogen) atoms. The molecule has 1 amide bonds. The van der Waals surface area contributed by atoms with E-state index in [0.29, 0.717) is 6.07 Å². The van der Waals surface area contributed by atoms with Gasteiger partial charge in [-0.1, -0.05) is 0 Å². The van der Waals surface area contributed by atoms with Crippen molar-refractivity contribution in [2.75, 3.05) is 0 Å². The molecule has 2 N–H and O–H groups in total. The van der Waals surface area contributed by atoms with E-state index in [1.807, 2.05) is 0 Å². The topological polar surface area (TPSA) is 56.0 Å². The molecule has 88 valence electrons. The maximum Gasteiger partial charge on any atom is 0.249 e. The van der Waals surface area contributed by atoms with Gasteiger partial charge in [-0.15, -0.1) is 0 Å². The molecule has 0 radical (unpaired) electrons. The zero-order chi connectivity index (χ0) is 12.7. The number of nitrogens with zero attached hydrogens (tertiary/aromatic N) is 1. The van der Waals surface area contributed by atoms with E-state index in [9.17, 15) is 18.0 Å². The molecule has 0 atom stereocenters. The van der Waals surface area contributed by atoms with Crippen LogP contribution in [0.2, 0.25) is 0 Å². The molecular weight excluding hydrogens is 233 g/mol. The second-order valence-electron chi connectivity index (χ2n) is 3.56. The first kappa shape index (κ1) is 11.4. The Morgan fingerprint density at radius 3 is 2.47 bits per heavy atom. The number of carbonyl (C=O) groups is 1. The molecule has 2 rings (SSSR count). The maximum absolute atomic E-state index is 13.5.